The van der Waals surface area contributed by atoms with Gasteiger partial charge in [-0.25, -0.2) is 0 Å². The summed E-state index contributed by atoms with van der Waals surface area (Å²) in [6.45, 7) is 2.44. The summed E-state index contributed by atoms with van der Waals surface area (Å²) in [5.74, 6) is -0.144. The fraction of sp³-hybridized carbons (Fsp3) is 0.125. The van der Waals surface area contributed by atoms with Crippen molar-refractivity contribution in [2.45, 2.75) is 6.92 Å². The molecule has 5 heteroatoms. The first-order chi connectivity index (χ1) is 10.1. The normalized spacial score (nSPS) is 9.71. The lowest BCUT2D eigenvalue weighted by molar-refractivity contribution is 0.0956. The number of nitrogens with two attached hydrogens (primary N) is 1. The number of benzene rings is 2. The standard InChI is InChI=1S/C16H16N4O/c1-2-19-16(21)12-5-8-15(14(18)9-12)20-13-6-3-11(10-17)4-7-13/h3-9,20H,2,18H2,1H3,(H,19,21). The van der Waals surface area contributed by atoms with E-state index in [1.807, 2.05) is 6.92 Å². The summed E-state index contributed by atoms with van der Waals surface area (Å²) < 4.78 is 0. The first kappa shape index (κ1) is 14.4. The summed E-state index contributed by atoms with van der Waals surface area (Å²) in [7, 11) is 0. The fourth-order valence-corrected chi connectivity index (χ4v) is 1.86. The first-order valence-electron chi connectivity index (χ1n) is 6.59. The van der Waals surface area contributed by atoms with Crippen LogP contribution in [-0.4, -0.2) is 12.5 Å². The molecular formula is C16H16N4O. The van der Waals surface area contributed by atoms with Crippen LogP contribution < -0.4 is 16.4 Å². The van der Waals surface area contributed by atoms with Gasteiger partial charge in [-0.05, 0) is 49.4 Å². The van der Waals surface area contributed by atoms with E-state index in [0.29, 0.717) is 29.0 Å². The largest absolute Gasteiger partial charge is 0.397 e. The number of rotatable bonds is 4. The molecule has 2 rings (SSSR count). The van der Waals surface area contributed by atoms with Gasteiger partial charge in [-0.1, -0.05) is 0 Å². The Morgan fingerprint density at radius 2 is 1.95 bits per heavy atom. The Bertz CT molecular complexity index is 686. The third kappa shape index (κ3) is 3.51. The number of nitrogen functional groups attached to an aromatic ring is 1. The van der Waals surface area contributed by atoms with Crippen molar-refractivity contribution in [2.24, 2.45) is 0 Å². The number of nitrogens with one attached hydrogen (secondary N) is 2. The molecule has 0 heterocycles. The van der Waals surface area contributed by atoms with Crippen LogP contribution in [0.3, 0.4) is 0 Å². The molecule has 0 aliphatic rings. The number of carbonyl (C=O) groups excluding carboxylic acids is 1. The quantitative estimate of drug-likeness (QED) is 0.751. The van der Waals surface area contributed by atoms with Gasteiger partial charge in [0, 0.05) is 17.8 Å². The van der Waals surface area contributed by atoms with E-state index in [0.717, 1.165) is 5.69 Å². The van der Waals surface area contributed by atoms with Crippen molar-refractivity contribution in [1.29, 1.82) is 5.26 Å². The second-order valence-electron chi connectivity index (χ2n) is 4.48. The molecule has 0 aliphatic heterocycles. The molecule has 1 amide bonds. The summed E-state index contributed by atoms with van der Waals surface area (Å²) in [5, 5.41) is 14.6. The van der Waals surface area contributed by atoms with Gasteiger partial charge >= 0.3 is 0 Å². The molecule has 106 valence electrons. The molecule has 0 radical (unpaired) electrons. The number of carbonyl (C=O) groups is 1. The maximum Gasteiger partial charge on any atom is 0.251 e. The van der Waals surface area contributed by atoms with Gasteiger partial charge in [0.25, 0.3) is 5.91 Å². The lowest BCUT2D eigenvalue weighted by Gasteiger charge is -2.11. The second kappa shape index (κ2) is 6.44. The highest BCUT2D eigenvalue weighted by atomic mass is 16.1. The minimum atomic E-state index is -0.144. The molecule has 4 N–H and O–H groups in total. The van der Waals surface area contributed by atoms with Gasteiger partial charge in [0.05, 0.1) is 23.0 Å². The third-order valence-electron chi connectivity index (χ3n) is 2.94. The minimum Gasteiger partial charge on any atom is -0.397 e. The highest BCUT2D eigenvalue weighted by molar-refractivity contribution is 5.96. The average Bonchev–Trinajstić information content (AvgIpc) is 2.50. The summed E-state index contributed by atoms with van der Waals surface area (Å²) >= 11 is 0. The van der Waals surface area contributed by atoms with Crippen LogP contribution in [0.25, 0.3) is 0 Å². The predicted octanol–water partition coefficient (Wildman–Crippen LogP) is 2.63. The minimum absolute atomic E-state index is 0.144. The molecule has 2 aromatic rings. The molecule has 0 saturated heterocycles. The van der Waals surface area contributed by atoms with Gasteiger partial charge in [-0.3, -0.25) is 4.79 Å². The number of nitriles is 1. The van der Waals surface area contributed by atoms with Gasteiger partial charge in [-0.2, -0.15) is 5.26 Å². The van der Waals surface area contributed by atoms with Crippen molar-refractivity contribution in [1.82, 2.24) is 5.32 Å². The van der Waals surface area contributed by atoms with E-state index in [2.05, 4.69) is 16.7 Å². The van der Waals surface area contributed by atoms with Gasteiger partial charge in [0.15, 0.2) is 0 Å². The van der Waals surface area contributed by atoms with Crippen LogP contribution in [0.15, 0.2) is 42.5 Å². The molecule has 21 heavy (non-hydrogen) atoms. The summed E-state index contributed by atoms with van der Waals surface area (Å²) in [6.07, 6.45) is 0. The topological polar surface area (TPSA) is 90.9 Å². The maximum atomic E-state index is 11.7. The third-order valence-corrected chi connectivity index (χ3v) is 2.94. The van der Waals surface area contributed by atoms with Crippen molar-refractivity contribution in [3.63, 3.8) is 0 Å². The average molecular weight is 280 g/mol. The predicted molar refractivity (Wildman–Crippen MR) is 83.3 cm³/mol. The Hall–Kier alpha value is -3.00. The van der Waals surface area contributed by atoms with E-state index < -0.39 is 0 Å². The maximum absolute atomic E-state index is 11.7. The van der Waals surface area contributed by atoms with E-state index in [4.69, 9.17) is 11.0 Å². The lowest BCUT2D eigenvalue weighted by atomic mass is 10.1. The molecule has 2 aromatic carbocycles. The molecule has 0 fully saturated rings. The molecule has 5 nitrogen and oxygen atoms in total. The van der Waals surface area contributed by atoms with Crippen LogP contribution in [0.5, 0.6) is 0 Å². The van der Waals surface area contributed by atoms with Crippen LogP contribution in [0.2, 0.25) is 0 Å². The summed E-state index contributed by atoms with van der Waals surface area (Å²) in [5.41, 5.74) is 9.12. The Morgan fingerprint density at radius 3 is 2.52 bits per heavy atom. The fourth-order valence-electron chi connectivity index (χ4n) is 1.86. The van der Waals surface area contributed by atoms with Crippen LogP contribution in [0.1, 0.15) is 22.8 Å². The zero-order valence-electron chi connectivity index (χ0n) is 11.7. The molecule has 0 spiro atoms. The summed E-state index contributed by atoms with van der Waals surface area (Å²) in [4.78, 5) is 11.7. The van der Waals surface area contributed by atoms with E-state index in [1.165, 1.54) is 0 Å². The van der Waals surface area contributed by atoms with Crippen LogP contribution >= 0.6 is 0 Å². The van der Waals surface area contributed by atoms with E-state index in [9.17, 15) is 4.79 Å². The Kier molecular flexibility index (Phi) is 4.42. The summed E-state index contributed by atoms with van der Waals surface area (Å²) in [6, 6.07) is 14.2. The highest BCUT2D eigenvalue weighted by Gasteiger charge is 2.07. The Morgan fingerprint density at radius 1 is 1.24 bits per heavy atom. The molecule has 0 atom stereocenters. The number of amides is 1. The number of anilines is 3. The van der Waals surface area contributed by atoms with Crippen molar-refractivity contribution in [2.75, 3.05) is 17.6 Å². The molecule has 0 unspecified atom stereocenters. The molecule has 0 aromatic heterocycles. The Balaban J connectivity index is 2.17. The SMILES string of the molecule is CCNC(=O)c1ccc(Nc2ccc(C#N)cc2)c(N)c1. The molecular weight excluding hydrogens is 264 g/mol. The van der Waals surface area contributed by atoms with Crippen molar-refractivity contribution < 1.29 is 4.79 Å². The van der Waals surface area contributed by atoms with Crippen molar-refractivity contribution in [3.8, 4) is 6.07 Å². The molecule has 0 bridgehead atoms. The Labute approximate surface area is 123 Å². The highest BCUT2D eigenvalue weighted by Crippen LogP contribution is 2.24. The van der Waals surface area contributed by atoms with Gasteiger partial charge < -0.3 is 16.4 Å². The van der Waals surface area contributed by atoms with E-state index in [1.54, 1.807) is 42.5 Å². The molecule has 0 saturated carbocycles. The van der Waals surface area contributed by atoms with Gasteiger partial charge in [-0.15, -0.1) is 0 Å². The van der Waals surface area contributed by atoms with Crippen LogP contribution in [-0.2, 0) is 0 Å². The zero-order valence-corrected chi connectivity index (χ0v) is 11.7. The van der Waals surface area contributed by atoms with Crippen LogP contribution in [0, 0.1) is 11.3 Å². The molecule has 0 aliphatic carbocycles. The zero-order chi connectivity index (χ0) is 15.2. The lowest BCUT2D eigenvalue weighted by Crippen LogP contribution is -2.22. The number of hydrogen-bond donors (Lipinski definition) is 3. The second-order valence-corrected chi connectivity index (χ2v) is 4.48. The van der Waals surface area contributed by atoms with Crippen molar-refractivity contribution in [3.05, 3.63) is 53.6 Å². The first-order valence-corrected chi connectivity index (χ1v) is 6.59. The van der Waals surface area contributed by atoms with Gasteiger partial charge in [0.2, 0.25) is 0 Å². The van der Waals surface area contributed by atoms with E-state index in [-0.39, 0.29) is 5.91 Å². The van der Waals surface area contributed by atoms with E-state index >= 15 is 0 Å². The smallest absolute Gasteiger partial charge is 0.251 e. The monoisotopic (exact) mass is 280 g/mol. The van der Waals surface area contributed by atoms with Crippen LogP contribution in [0.4, 0.5) is 17.1 Å². The van der Waals surface area contributed by atoms with Crippen molar-refractivity contribution >= 4 is 23.0 Å². The van der Waals surface area contributed by atoms with Gasteiger partial charge in [0.1, 0.15) is 0 Å². The number of nitrogens with zero attached hydrogens (tertiary/aromatic N) is 1. The number of hydrogen-bond acceptors (Lipinski definition) is 4.